The summed E-state index contributed by atoms with van der Waals surface area (Å²) in [6, 6.07) is 22.9. The average Bonchev–Trinajstić information content (AvgIpc) is 3.23. The van der Waals surface area contributed by atoms with Crippen LogP contribution < -0.4 is 10.1 Å². The van der Waals surface area contributed by atoms with Gasteiger partial charge in [0.1, 0.15) is 23.1 Å². The molecule has 0 bridgehead atoms. The Bertz CT molecular complexity index is 1190. The second kappa shape index (κ2) is 9.11. The lowest BCUT2D eigenvalue weighted by Crippen LogP contribution is -2.12. The van der Waals surface area contributed by atoms with E-state index in [4.69, 9.17) is 16.3 Å². The monoisotopic (exact) mass is 434 g/mol. The molecule has 0 fully saturated rings. The van der Waals surface area contributed by atoms with Crippen molar-refractivity contribution in [1.29, 1.82) is 0 Å². The molecular formula is C24H19ClN2O2S. The van der Waals surface area contributed by atoms with E-state index in [1.165, 1.54) is 11.3 Å². The summed E-state index contributed by atoms with van der Waals surface area (Å²) in [7, 11) is 0. The number of rotatable bonds is 6. The second-order valence-electron chi connectivity index (χ2n) is 6.81. The summed E-state index contributed by atoms with van der Waals surface area (Å²) in [6.45, 7) is 2.41. The van der Waals surface area contributed by atoms with Crippen LogP contribution >= 0.6 is 22.9 Å². The van der Waals surface area contributed by atoms with E-state index in [1.807, 2.05) is 79.7 Å². The topological polar surface area (TPSA) is 51.2 Å². The summed E-state index contributed by atoms with van der Waals surface area (Å²) < 4.78 is 5.89. The number of amides is 1. The molecular weight excluding hydrogens is 416 g/mol. The quantitative estimate of drug-likeness (QED) is 0.371. The van der Waals surface area contributed by atoms with Gasteiger partial charge in [-0.25, -0.2) is 4.98 Å². The third kappa shape index (κ3) is 5.06. The number of aryl methyl sites for hydroxylation is 1. The van der Waals surface area contributed by atoms with Crippen molar-refractivity contribution in [3.63, 3.8) is 0 Å². The number of carbonyl (C=O) groups excluding carboxylic acids is 1. The Morgan fingerprint density at radius 3 is 2.73 bits per heavy atom. The maximum atomic E-state index is 12.5. The second-order valence-corrected chi connectivity index (χ2v) is 8.10. The van der Waals surface area contributed by atoms with Gasteiger partial charge in [-0.3, -0.25) is 4.79 Å². The third-order valence-corrected chi connectivity index (χ3v) is 5.51. The van der Waals surface area contributed by atoms with Gasteiger partial charge in [-0.2, -0.15) is 0 Å². The molecule has 0 aliphatic carbocycles. The third-order valence-electron chi connectivity index (χ3n) is 4.39. The van der Waals surface area contributed by atoms with Crippen molar-refractivity contribution < 1.29 is 9.53 Å². The number of thiazole rings is 1. The molecule has 6 heteroatoms. The Balaban J connectivity index is 1.45. The van der Waals surface area contributed by atoms with Gasteiger partial charge in [0.25, 0.3) is 5.91 Å². The van der Waals surface area contributed by atoms with Crippen LogP contribution in [0, 0.1) is 6.92 Å². The van der Waals surface area contributed by atoms with Crippen molar-refractivity contribution in [2.24, 2.45) is 0 Å². The summed E-state index contributed by atoms with van der Waals surface area (Å²) in [4.78, 5) is 17.0. The maximum Gasteiger partial charge on any atom is 0.275 e. The van der Waals surface area contributed by atoms with Crippen LogP contribution in [0.1, 0.15) is 21.6 Å². The molecule has 1 N–H and O–H groups in total. The molecule has 0 saturated carbocycles. The van der Waals surface area contributed by atoms with E-state index in [9.17, 15) is 4.79 Å². The number of nitrogens with zero attached hydrogens (tertiary/aromatic N) is 1. The number of carbonyl (C=O) groups is 1. The fourth-order valence-corrected chi connectivity index (χ4v) is 3.95. The first-order valence-electron chi connectivity index (χ1n) is 9.38. The lowest BCUT2D eigenvalue weighted by atomic mass is 10.2. The number of benzene rings is 3. The summed E-state index contributed by atoms with van der Waals surface area (Å²) in [5.41, 5.74) is 4.13. The van der Waals surface area contributed by atoms with Crippen LogP contribution in [0.5, 0.6) is 5.75 Å². The van der Waals surface area contributed by atoms with Gasteiger partial charge in [-0.1, -0.05) is 48.0 Å². The zero-order valence-corrected chi connectivity index (χ0v) is 17.8. The standard InChI is InChI=1S/C24H19ClN2O2S/c1-16-5-2-9-20(11-16)26-23(28)22-15-30-24(27-22)18-7-4-10-21(13-18)29-14-17-6-3-8-19(25)12-17/h2-13,15H,14H2,1H3,(H,26,28). The lowest BCUT2D eigenvalue weighted by molar-refractivity contribution is 0.102. The highest BCUT2D eigenvalue weighted by molar-refractivity contribution is 7.13. The van der Waals surface area contributed by atoms with Gasteiger partial charge in [0.05, 0.1) is 0 Å². The normalized spacial score (nSPS) is 10.6. The molecule has 1 aromatic heterocycles. The van der Waals surface area contributed by atoms with E-state index < -0.39 is 0 Å². The van der Waals surface area contributed by atoms with E-state index in [0.29, 0.717) is 17.3 Å². The minimum Gasteiger partial charge on any atom is -0.489 e. The van der Waals surface area contributed by atoms with Crippen LogP contribution in [0.3, 0.4) is 0 Å². The molecule has 0 aliphatic heterocycles. The van der Waals surface area contributed by atoms with Crippen molar-refractivity contribution in [2.75, 3.05) is 5.32 Å². The number of hydrogen-bond donors (Lipinski definition) is 1. The first-order valence-corrected chi connectivity index (χ1v) is 10.6. The molecule has 3 aromatic carbocycles. The molecule has 0 radical (unpaired) electrons. The largest absolute Gasteiger partial charge is 0.489 e. The highest BCUT2D eigenvalue weighted by atomic mass is 35.5. The van der Waals surface area contributed by atoms with Crippen LogP contribution in [0.25, 0.3) is 10.6 Å². The Hall–Kier alpha value is -3.15. The van der Waals surface area contributed by atoms with Gasteiger partial charge in [0, 0.05) is 21.7 Å². The Morgan fingerprint density at radius 2 is 1.90 bits per heavy atom. The molecule has 0 aliphatic rings. The van der Waals surface area contributed by atoms with Gasteiger partial charge in [0.15, 0.2) is 0 Å². The zero-order valence-electron chi connectivity index (χ0n) is 16.3. The fourth-order valence-electron chi connectivity index (χ4n) is 2.94. The SMILES string of the molecule is Cc1cccc(NC(=O)c2csc(-c3cccc(OCc4cccc(Cl)c4)c3)n2)c1. The van der Waals surface area contributed by atoms with Crippen molar-refractivity contribution in [2.45, 2.75) is 13.5 Å². The predicted octanol–water partition coefficient (Wildman–Crippen LogP) is 6.60. The highest BCUT2D eigenvalue weighted by Gasteiger charge is 2.13. The summed E-state index contributed by atoms with van der Waals surface area (Å²) in [6.07, 6.45) is 0. The van der Waals surface area contributed by atoms with E-state index in [-0.39, 0.29) is 5.91 Å². The van der Waals surface area contributed by atoms with Crippen LogP contribution in [-0.2, 0) is 6.61 Å². The molecule has 0 unspecified atom stereocenters. The number of ether oxygens (including phenoxy) is 1. The molecule has 0 saturated heterocycles. The van der Waals surface area contributed by atoms with Gasteiger partial charge in [-0.05, 0) is 54.4 Å². The van der Waals surface area contributed by atoms with Crippen molar-refractivity contribution in [3.8, 4) is 16.3 Å². The zero-order chi connectivity index (χ0) is 20.9. The van der Waals surface area contributed by atoms with E-state index in [1.54, 1.807) is 5.38 Å². The first kappa shape index (κ1) is 20.1. The number of anilines is 1. The molecule has 4 aromatic rings. The summed E-state index contributed by atoms with van der Waals surface area (Å²) >= 11 is 7.45. The lowest BCUT2D eigenvalue weighted by Gasteiger charge is -2.08. The van der Waals surface area contributed by atoms with Crippen LogP contribution in [0.4, 0.5) is 5.69 Å². The molecule has 1 heterocycles. The van der Waals surface area contributed by atoms with E-state index in [0.717, 1.165) is 33.1 Å². The first-order chi connectivity index (χ1) is 14.6. The van der Waals surface area contributed by atoms with Crippen LogP contribution in [-0.4, -0.2) is 10.9 Å². The number of halogens is 1. The van der Waals surface area contributed by atoms with E-state index in [2.05, 4.69) is 10.3 Å². The predicted molar refractivity (Wildman–Crippen MR) is 122 cm³/mol. The Kier molecular flexibility index (Phi) is 6.12. The smallest absolute Gasteiger partial charge is 0.275 e. The van der Waals surface area contributed by atoms with Gasteiger partial charge in [0.2, 0.25) is 0 Å². The highest BCUT2D eigenvalue weighted by Crippen LogP contribution is 2.28. The van der Waals surface area contributed by atoms with Gasteiger partial charge >= 0.3 is 0 Å². The minimum absolute atomic E-state index is 0.225. The summed E-state index contributed by atoms with van der Waals surface area (Å²) in [5.74, 6) is 0.505. The number of aromatic nitrogens is 1. The molecule has 0 atom stereocenters. The van der Waals surface area contributed by atoms with Crippen molar-refractivity contribution in [3.05, 3.63) is 100 Å². The van der Waals surface area contributed by atoms with Crippen LogP contribution in [0.2, 0.25) is 5.02 Å². The number of nitrogens with one attached hydrogen (secondary N) is 1. The number of hydrogen-bond acceptors (Lipinski definition) is 4. The molecule has 4 nitrogen and oxygen atoms in total. The Labute approximate surface area is 184 Å². The van der Waals surface area contributed by atoms with E-state index >= 15 is 0 Å². The van der Waals surface area contributed by atoms with Crippen molar-refractivity contribution in [1.82, 2.24) is 4.98 Å². The van der Waals surface area contributed by atoms with Gasteiger partial charge in [-0.15, -0.1) is 11.3 Å². The molecule has 0 spiro atoms. The average molecular weight is 435 g/mol. The Morgan fingerprint density at radius 1 is 1.07 bits per heavy atom. The van der Waals surface area contributed by atoms with Crippen molar-refractivity contribution >= 4 is 34.5 Å². The molecule has 1 amide bonds. The molecule has 150 valence electrons. The summed E-state index contributed by atoms with van der Waals surface area (Å²) in [5, 5.41) is 6.10. The molecule has 4 rings (SSSR count). The maximum absolute atomic E-state index is 12.5. The van der Waals surface area contributed by atoms with Crippen LogP contribution in [0.15, 0.2) is 78.2 Å². The minimum atomic E-state index is -0.225. The van der Waals surface area contributed by atoms with Gasteiger partial charge < -0.3 is 10.1 Å². The molecule has 30 heavy (non-hydrogen) atoms. The fraction of sp³-hybridized carbons (Fsp3) is 0.0833.